The Morgan fingerprint density at radius 1 is 1.08 bits per heavy atom. The molecule has 3 aromatic rings. The highest BCUT2D eigenvalue weighted by Gasteiger charge is 2.29. The maximum absolute atomic E-state index is 14.3. The number of anilines is 1. The average molecular weight is 587 g/mol. The zero-order valence-electron chi connectivity index (χ0n) is 21.7. The zero-order valence-corrected chi connectivity index (χ0v) is 24.1. The van der Waals surface area contributed by atoms with Crippen LogP contribution in [0.1, 0.15) is 44.0 Å². The minimum absolute atomic E-state index is 0. The molecule has 1 aliphatic heterocycles. The lowest BCUT2D eigenvalue weighted by Gasteiger charge is -2.29. The maximum Gasteiger partial charge on any atom is 0.260 e. The molecule has 0 N–H and O–H groups in total. The molecule has 4 rings (SSSR count). The quantitative estimate of drug-likeness (QED) is 0.335. The van der Waals surface area contributed by atoms with Gasteiger partial charge in [0.2, 0.25) is 10.0 Å². The van der Waals surface area contributed by atoms with E-state index < -0.39 is 21.7 Å². The van der Waals surface area contributed by atoms with E-state index in [-0.39, 0.29) is 46.0 Å². The number of halogens is 3. The number of nitrogens with zero attached hydrogens (tertiary/aromatic N) is 4. The van der Waals surface area contributed by atoms with Gasteiger partial charge in [0.05, 0.1) is 9.60 Å². The van der Waals surface area contributed by atoms with Crippen LogP contribution in [0.4, 0.5) is 13.9 Å². The minimum atomic E-state index is -3.64. The summed E-state index contributed by atoms with van der Waals surface area (Å²) in [6, 6.07) is 7.89. The first-order valence-electron chi connectivity index (χ1n) is 12.5. The summed E-state index contributed by atoms with van der Waals surface area (Å²) in [6.45, 7) is 9.56. The first-order valence-corrected chi connectivity index (χ1v) is 14.8. The highest BCUT2D eigenvalue weighted by atomic mass is 35.5. The molecule has 2 heterocycles. The van der Waals surface area contributed by atoms with E-state index in [4.69, 9.17) is 0 Å². The van der Waals surface area contributed by atoms with Gasteiger partial charge in [0.25, 0.3) is 5.91 Å². The molecule has 7 nitrogen and oxygen atoms in total. The molecule has 0 radical (unpaired) electrons. The first-order chi connectivity index (χ1) is 17.6. The summed E-state index contributed by atoms with van der Waals surface area (Å²) in [7, 11) is -3.64. The second-order valence-electron chi connectivity index (χ2n) is 9.33. The predicted octanol–water partition coefficient (Wildman–Crippen LogP) is 5.41. The van der Waals surface area contributed by atoms with Crippen molar-refractivity contribution in [3.05, 3.63) is 53.6 Å². The van der Waals surface area contributed by atoms with Gasteiger partial charge in [-0.05, 0) is 62.2 Å². The van der Waals surface area contributed by atoms with Crippen molar-refractivity contribution in [2.45, 2.75) is 38.5 Å². The van der Waals surface area contributed by atoms with Crippen LogP contribution in [0.25, 0.3) is 10.2 Å². The summed E-state index contributed by atoms with van der Waals surface area (Å²) < 4.78 is 56.1. The van der Waals surface area contributed by atoms with Crippen LogP contribution in [0.2, 0.25) is 0 Å². The maximum atomic E-state index is 14.3. The molecular weight excluding hydrogens is 554 g/mol. The number of hydrogen-bond donors (Lipinski definition) is 0. The summed E-state index contributed by atoms with van der Waals surface area (Å²) in [4.78, 5) is 21.7. The molecule has 0 unspecified atom stereocenters. The highest BCUT2D eigenvalue weighted by molar-refractivity contribution is 7.89. The average Bonchev–Trinajstić information content (AvgIpc) is 3.31. The van der Waals surface area contributed by atoms with Crippen LogP contribution < -0.4 is 4.90 Å². The topological polar surface area (TPSA) is 73.8 Å². The lowest BCUT2D eigenvalue weighted by molar-refractivity contribution is 0.0983. The van der Waals surface area contributed by atoms with Gasteiger partial charge in [-0.3, -0.25) is 9.69 Å². The third kappa shape index (κ3) is 6.51. The Kier molecular flexibility index (Phi) is 10.2. The number of aromatic nitrogens is 1. The van der Waals surface area contributed by atoms with Crippen molar-refractivity contribution < 1.29 is 22.0 Å². The minimum Gasteiger partial charge on any atom is -0.302 e. The standard InChI is InChI=1S/C26H32F2N4O3S2.ClH/c1-4-30(5-2)14-15-32(26-29-24-22(28)16-20(27)17-23(24)36-26)25(33)19-6-8-21(9-7-19)37(34,35)31-12-10-18(3)11-13-31;/h6-9,16-18H,4-5,10-15H2,1-3H3;1H. The van der Waals surface area contributed by atoms with E-state index in [9.17, 15) is 22.0 Å². The third-order valence-electron chi connectivity index (χ3n) is 6.89. The Bertz CT molecular complexity index is 1360. The van der Waals surface area contributed by atoms with Gasteiger partial charge in [-0.1, -0.05) is 32.1 Å². The Labute approximate surface area is 232 Å². The second kappa shape index (κ2) is 12.8. The molecule has 1 fully saturated rings. The molecule has 0 bridgehead atoms. The number of thiazole rings is 1. The fourth-order valence-electron chi connectivity index (χ4n) is 4.43. The third-order valence-corrected chi connectivity index (χ3v) is 9.83. The van der Waals surface area contributed by atoms with Gasteiger partial charge in [-0.2, -0.15) is 4.31 Å². The van der Waals surface area contributed by atoms with Gasteiger partial charge >= 0.3 is 0 Å². The van der Waals surface area contributed by atoms with Crippen molar-refractivity contribution in [1.82, 2.24) is 14.2 Å². The van der Waals surface area contributed by atoms with E-state index in [0.29, 0.717) is 30.3 Å². The zero-order chi connectivity index (χ0) is 26.7. The van der Waals surface area contributed by atoms with Crippen molar-refractivity contribution >= 4 is 55.0 Å². The smallest absolute Gasteiger partial charge is 0.260 e. The molecule has 12 heteroatoms. The van der Waals surface area contributed by atoms with Crippen molar-refractivity contribution in [2.75, 3.05) is 44.2 Å². The molecule has 0 atom stereocenters. The number of piperidine rings is 1. The molecule has 38 heavy (non-hydrogen) atoms. The number of fused-ring (bicyclic) bond motifs is 1. The summed E-state index contributed by atoms with van der Waals surface area (Å²) in [5, 5.41) is 0.260. The van der Waals surface area contributed by atoms with Gasteiger partial charge in [0, 0.05) is 37.8 Å². The molecule has 1 aliphatic rings. The van der Waals surface area contributed by atoms with Crippen LogP contribution in [0.3, 0.4) is 0 Å². The fraction of sp³-hybridized carbons (Fsp3) is 0.462. The van der Waals surface area contributed by atoms with Crippen LogP contribution in [0, 0.1) is 17.6 Å². The van der Waals surface area contributed by atoms with Crippen LogP contribution in [-0.4, -0.2) is 67.8 Å². The van der Waals surface area contributed by atoms with E-state index in [1.807, 2.05) is 13.8 Å². The van der Waals surface area contributed by atoms with E-state index in [0.717, 1.165) is 43.3 Å². The Morgan fingerprint density at radius 3 is 2.32 bits per heavy atom. The number of rotatable bonds is 9. The first kappa shape index (κ1) is 30.4. The molecule has 208 valence electrons. The highest BCUT2D eigenvalue weighted by Crippen LogP contribution is 2.32. The van der Waals surface area contributed by atoms with Crippen molar-refractivity contribution in [3.8, 4) is 0 Å². The molecule has 1 aromatic heterocycles. The van der Waals surface area contributed by atoms with E-state index in [1.54, 1.807) is 0 Å². The monoisotopic (exact) mass is 586 g/mol. The summed E-state index contributed by atoms with van der Waals surface area (Å²) in [6.07, 6.45) is 1.65. The van der Waals surface area contributed by atoms with Crippen molar-refractivity contribution in [2.24, 2.45) is 5.92 Å². The molecule has 1 amide bonds. The van der Waals surface area contributed by atoms with Crippen LogP contribution >= 0.6 is 23.7 Å². The number of sulfonamides is 1. The van der Waals surface area contributed by atoms with Crippen molar-refractivity contribution in [3.63, 3.8) is 0 Å². The molecular formula is C26H33ClF2N4O3S2. The van der Waals surface area contributed by atoms with Crippen LogP contribution in [0.5, 0.6) is 0 Å². The number of benzene rings is 2. The van der Waals surface area contributed by atoms with Crippen molar-refractivity contribution in [1.29, 1.82) is 0 Å². The van der Waals surface area contributed by atoms with Gasteiger partial charge < -0.3 is 4.90 Å². The Hall–Kier alpha value is -2.18. The van der Waals surface area contributed by atoms with Gasteiger partial charge in [-0.15, -0.1) is 12.4 Å². The largest absolute Gasteiger partial charge is 0.302 e. The van der Waals surface area contributed by atoms with Gasteiger partial charge in [0.15, 0.2) is 10.9 Å². The number of hydrogen-bond acceptors (Lipinski definition) is 6. The second-order valence-corrected chi connectivity index (χ2v) is 12.3. The number of carbonyl (C=O) groups is 1. The molecule has 0 spiro atoms. The van der Waals surface area contributed by atoms with E-state index in [2.05, 4.69) is 16.8 Å². The number of carbonyl (C=O) groups excluding carboxylic acids is 1. The van der Waals surface area contributed by atoms with Crippen LogP contribution in [0.15, 0.2) is 41.3 Å². The lowest BCUT2D eigenvalue weighted by atomic mass is 10.0. The predicted molar refractivity (Wildman–Crippen MR) is 150 cm³/mol. The number of amides is 1. The Balaban J connectivity index is 0.00000400. The summed E-state index contributed by atoms with van der Waals surface area (Å²) in [5.41, 5.74) is 0.302. The van der Waals surface area contributed by atoms with E-state index >= 15 is 0 Å². The lowest BCUT2D eigenvalue weighted by Crippen LogP contribution is -2.39. The SMILES string of the molecule is CCN(CC)CCN(C(=O)c1ccc(S(=O)(=O)N2CCC(C)CC2)cc1)c1nc2c(F)cc(F)cc2s1.Cl. The van der Waals surface area contributed by atoms with E-state index in [1.165, 1.54) is 39.5 Å². The molecule has 2 aromatic carbocycles. The van der Waals surface area contributed by atoms with Gasteiger partial charge in [-0.25, -0.2) is 22.2 Å². The van der Waals surface area contributed by atoms with Crippen LogP contribution in [-0.2, 0) is 10.0 Å². The Morgan fingerprint density at radius 2 is 1.71 bits per heavy atom. The molecule has 0 saturated carbocycles. The summed E-state index contributed by atoms with van der Waals surface area (Å²) >= 11 is 1.04. The molecule has 0 aliphatic carbocycles. The van der Waals surface area contributed by atoms with Gasteiger partial charge in [0.1, 0.15) is 11.3 Å². The number of likely N-dealkylation sites (N-methyl/N-ethyl adjacent to an activating group) is 1. The normalized spacial score (nSPS) is 15.1. The fourth-order valence-corrected chi connectivity index (χ4v) is 6.92. The summed E-state index contributed by atoms with van der Waals surface area (Å²) in [5.74, 6) is -1.37. The molecule has 1 saturated heterocycles.